The molecule has 0 spiro atoms. The Balaban J connectivity index is 2.27. The van der Waals surface area contributed by atoms with Crippen molar-refractivity contribution in [2.24, 2.45) is 0 Å². The van der Waals surface area contributed by atoms with Gasteiger partial charge in [-0.2, -0.15) is 0 Å². The molecule has 0 aliphatic heterocycles. The molecule has 4 heteroatoms. The first-order valence-electron chi connectivity index (χ1n) is 4.37. The van der Waals surface area contributed by atoms with Crippen molar-refractivity contribution in [2.75, 3.05) is 0 Å². The number of nitrogens with zero attached hydrogens (tertiary/aromatic N) is 1. The molecule has 0 fully saturated rings. The zero-order chi connectivity index (χ0) is 9.97. The Hall–Kier alpha value is -1.20. The van der Waals surface area contributed by atoms with Gasteiger partial charge in [-0.3, -0.25) is 10.4 Å². The summed E-state index contributed by atoms with van der Waals surface area (Å²) in [5.41, 5.74) is 2.01. The smallest absolute Gasteiger partial charge is 0.113 e. The van der Waals surface area contributed by atoms with E-state index < -0.39 is 0 Å². The highest BCUT2D eigenvalue weighted by molar-refractivity contribution is 5.56. The van der Waals surface area contributed by atoms with Crippen LogP contribution in [0.5, 0.6) is 0 Å². The third kappa shape index (κ3) is 1.83. The van der Waals surface area contributed by atoms with E-state index in [0.29, 0.717) is 6.42 Å². The summed E-state index contributed by atoms with van der Waals surface area (Å²) in [5.74, 6) is 0. The average Bonchev–Trinajstić information content (AvgIpc) is 2.18. The number of hydrogen-bond acceptors (Lipinski definition) is 4. The third-order valence-electron chi connectivity index (χ3n) is 2.21. The molecule has 0 amide bonds. The van der Waals surface area contributed by atoms with Crippen molar-refractivity contribution in [3.8, 4) is 0 Å². The summed E-state index contributed by atoms with van der Waals surface area (Å²) in [7, 11) is 0. The Morgan fingerprint density at radius 1 is 1.29 bits per heavy atom. The minimum atomic E-state index is -0.328. The molecule has 1 aromatic carbocycles. The molecule has 74 valence electrons. The molecular formula is C10H11NO3. The molecule has 1 aromatic rings. The molecule has 1 atom stereocenters. The van der Waals surface area contributed by atoms with Crippen LogP contribution in [0.25, 0.3) is 6.08 Å². The number of rotatable bonds is 2. The van der Waals surface area contributed by atoms with Crippen LogP contribution in [-0.2, 0) is 4.84 Å². The quantitative estimate of drug-likeness (QED) is 0.706. The maximum Gasteiger partial charge on any atom is 0.113 e. The van der Waals surface area contributed by atoms with Crippen molar-refractivity contribution in [1.82, 2.24) is 5.39 Å². The molecule has 0 aromatic heterocycles. The normalized spacial score (nSPS) is 19.8. The monoisotopic (exact) mass is 193 g/mol. The molecule has 2 N–H and O–H groups in total. The van der Waals surface area contributed by atoms with Gasteiger partial charge in [-0.15, -0.1) is 0 Å². The molecule has 14 heavy (non-hydrogen) atoms. The van der Waals surface area contributed by atoms with E-state index in [1.54, 1.807) is 0 Å². The van der Waals surface area contributed by atoms with Gasteiger partial charge in [0.25, 0.3) is 0 Å². The highest BCUT2D eigenvalue weighted by Gasteiger charge is 2.19. The molecule has 0 heterocycles. The first-order valence-corrected chi connectivity index (χ1v) is 4.37. The fraction of sp³-hybridized carbons (Fsp3) is 0.200. The lowest BCUT2D eigenvalue weighted by atomic mass is 9.95. The second-order valence-corrected chi connectivity index (χ2v) is 3.11. The van der Waals surface area contributed by atoms with Crippen molar-refractivity contribution < 1.29 is 15.3 Å². The lowest BCUT2D eigenvalue weighted by Gasteiger charge is -2.22. The van der Waals surface area contributed by atoms with E-state index in [-0.39, 0.29) is 11.5 Å². The van der Waals surface area contributed by atoms with Crippen LogP contribution in [0, 0.1) is 0 Å². The minimum Gasteiger partial charge on any atom is -0.266 e. The van der Waals surface area contributed by atoms with Gasteiger partial charge < -0.3 is 0 Å². The van der Waals surface area contributed by atoms with Crippen molar-refractivity contribution >= 4 is 6.08 Å². The molecule has 1 aliphatic rings. The predicted octanol–water partition coefficient (Wildman–Crippen LogP) is 2.16. The van der Waals surface area contributed by atoms with Gasteiger partial charge in [0.05, 0.1) is 5.39 Å². The fourth-order valence-electron chi connectivity index (χ4n) is 1.62. The Labute approximate surface area is 81.5 Å². The van der Waals surface area contributed by atoms with Gasteiger partial charge in [-0.25, -0.2) is 4.84 Å². The van der Waals surface area contributed by atoms with Gasteiger partial charge >= 0.3 is 0 Å². The van der Waals surface area contributed by atoms with E-state index >= 15 is 0 Å². The lowest BCUT2D eigenvalue weighted by molar-refractivity contribution is -0.506. The zero-order valence-electron chi connectivity index (χ0n) is 7.50. The van der Waals surface area contributed by atoms with Gasteiger partial charge in [0.15, 0.2) is 0 Å². The van der Waals surface area contributed by atoms with E-state index in [0.717, 1.165) is 11.1 Å². The molecule has 4 nitrogen and oxygen atoms in total. The zero-order valence-corrected chi connectivity index (χ0v) is 7.50. The van der Waals surface area contributed by atoms with Crippen LogP contribution < -0.4 is 0 Å². The highest BCUT2D eigenvalue weighted by atomic mass is 17.1. The average molecular weight is 193 g/mol. The van der Waals surface area contributed by atoms with Crippen molar-refractivity contribution in [3.05, 3.63) is 41.5 Å². The fourth-order valence-corrected chi connectivity index (χ4v) is 1.62. The second-order valence-electron chi connectivity index (χ2n) is 3.11. The van der Waals surface area contributed by atoms with Crippen LogP contribution in [0.4, 0.5) is 0 Å². The Bertz CT molecular complexity index is 349. The maximum atomic E-state index is 8.57. The summed E-state index contributed by atoms with van der Waals surface area (Å²) in [4.78, 5) is 4.81. The van der Waals surface area contributed by atoms with Crippen molar-refractivity contribution in [3.63, 3.8) is 0 Å². The molecule has 2 rings (SSSR count). The third-order valence-corrected chi connectivity index (χ3v) is 2.21. The molecule has 1 unspecified atom stereocenters. The van der Waals surface area contributed by atoms with E-state index in [1.165, 1.54) is 0 Å². The van der Waals surface area contributed by atoms with Crippen LogP contribution in [0.1, 0.15) is 23.7 Å². The van der Waals surface area contributed by atoms with Crippen molar-refractivity contribution in [1.29, 1.82) is 0 Å². The topological polar surface area (TPSA) is 52.9 Å². The molecule has 0 saturated carbocycles. The Kier molecular flexibility index (Phi) is 2.60. The summed E-state index contributed by atoms with van der Waals surface area (Å²) in [6, 6.07) is 7.70. The van der Waals surface area contributed by atoms with Crippen LogP contribution in [-0.4, -0.2) is 15.8 Å². The van der Waals surface area contributed by atoms with Crippen LogP contribution in [0.15, 0.2) is 30.3 Å². The van der Waals surface area contributed by atoms with E-state index in [9.17, 15) is 0 Å². The molecular weight excluding hydrogens is 182 g/mol. The Morgan fingerprint density at radius 2 is 2.07 bits per heavy atom. The maximum absolute atomic E-state index is 8.57. The van der Waals surface area contributed by atoms with Gasteiger partial charge in [-0.1, -0.05) is 36.4 Å². The molecule has 1 aliphatic carbocycles. The van der Waals surface area contributed by atoms with E-state index in [2.05, 4.69) is 0 Å². The lowest BCUT2D eigenvalue weighted by Crippen LogP contribution is -2.20. The predicted molar refractivity (Wildman–Crippen MR) is 49.3 cm³/mol. The van der Waals surface area contributed by atoms with Crippen LogP contribution in [0.3, 0.4) is 0 Å². The summed E-state index contributed by atoms with van der Waals surface area (Å²) in [6.07, 6.45) is 4.24. The number of benzene rings is 1. The van der Waals surface area contributed by atoms with E-state index in [4.69, 9.17) is 15.3 Å². The molecule has 0 bridgehead atoms. The standard InChI is InChI=1S/C10H11NO3/c12-11(13)14-10-7-3-5-8-4-1-2-6-9(8)10/h1-6,10,12-13H,7H2. The molecule has 0 saturated heterocycles. The van der Waals surface area contributed by atoms with Crippen molar-refractivity contribution in [2.45, 2.75) is 12.5 Å². The highest BCUT2D eigenvalue weighted by Crippen LogP contribution is 2.30. The first kappa shape index (κ1) is 9.36. The van der Waals surface area contributed by atoms with Gasteiger partial charge in [0.1, 0.15) is 6.10 Å². The van der Waals surface area contributed by atoms with Gasteiger partial charge in [0, 0.05) is 0 Å². The van der Waals surface area contributed by atoms with E-state index in [1.807, 2.05) is 36.4 Å². The second kappa shape index (κ2) is 3.89. The summed E-state index contributed by atoms with van der Waals surface area (Å²) >= 11 is 0. The summed E-state index contributed by atoms with van der Waals surface area (Å²) in [6.45, 7) is 0. The Morgan fingerprint density at radius 3 is 2.86 bits per heavy atom. The van der Waals surface area contributed by atoms with Crippen LogP contribution in [0.2, 0.25) is 0 Å². The number of hydrogen-bond donors (Lipinski definition) is 2. The SMILES string of the molecule is ON(O)OC1CC=Cc2ccccc21. The van der Waals surface area contributed by atoms with Gasteiger partial charge in [0.2, 0.25) is 0 Å². The summed E-state index contributed by atoms with van der Waals surface area (Å²) < 4.78 is 0. The minimum absolute atomic E-state index is 0.236. The first-order chi connectivity index (χ1) is 6.77. The molecule has 0 radical (unpaired) electrons. The van der Waals surface area contributed by atoms with Gasteiger partial charge in [-0.05, 0) is 17.5 Å². The largest absolute Gasteiger partial charge is 0.266 e. The number of fused-ring (bicyclic) bond motifs is 1. The van der Waals surface area contributed by atoms with Crippen LogP contribution >= 0.6 is 0 Å². The summed E-state index contributed by atoms with van der Waals surface area (Å²) in [5, 5.41) is 16.9.